The quantitative estimate of drug-likeness (QED) is 0.674. The zero-order valence-electron chi connectivity index (χ0n) is 19.1. The van der Waals surface area contributed by atoms with Gasteiger partial charge in [-0.25, -0.2) is 4.39 Å². The molecule has 32 heavy (non-hydrogen) atoms. The van der Waals surface area contributed by atoms with Gasteiger partial charge in [-0.1, -0.05) is 42.8 Å². The van der Waals surface area contributed by atoms with Gasteiger partial charge in [0.1, 0.15) is 5.82 Å². The number of nitrogens with one attached hydrogen (secondary N) is 1. The maximum atomic E-state index is 13.4. The van der Waals surface area contributed by atoms with Gasteiger partial charge in [-0.05, 0) is 74.4 Å². The summed E-state index contributed by atoms with van der Waals surface area (Å²) in [6, 6.07) is 15.5. The Kier molecular flexibility index (Phi) is 7.59. The van der Waals surface area contributed by atoms with Crippen LogP contribution in [0.4, 0.5) is 4.39 Å². The van der Waals surface area contributed by atoms with Crippen molar-refractivity contribution < 1.29 is 13.9 Å². The average Bonchev–Trinajstić information content (AvgIpc) is 2.81. The highest BCUT2D eigenvalue weighted by atomic mass is 19.1. The number of piperidine rings is 1. The average molecular weight is 439 g/mol. The molecule has 172 valence electrons. The topological polar surface area (TPSA) is 41.6 Å². The molecule has 2 aromatic carbocycles. The fourth-order valence-electron chi connectivity index (χ4n) is 5.13. The fraction of sp³-hybridized carbons (Fsp3) is 0.519. The standard InChI is InChI=1S/C27H35FN2O2/c1-21-5-2-3-15-30(21)16-14-29-26(31)27(12-17-32-18-13-27)20-22-6-4-7-24(19-22)23-8-10-25(28)11-9-23/h4,6-11,19,21H,2-3,5,12-18,20H2,1H3,(H,29,31)/t21-/m0/s1. The number of hydrogen-bond donors (Lipinski definition) is 1. The molecule has 2 saturated heterocycles. The van der Waals surface area contributed by atoms with Crippen LogP contribution in [0.2, 0.25) is 0 Å². The van der Waals surface area contributed by atoms with E-state index in [4.69, 9.17) is 4.74 Å². The number of carbonyl (C=O) groups is 1. The molecule has 5 heteroatoms. The first-order chi connectivity index (χ1) is 15.6. The Bertz CT molecular complexity index is 893. The van der Waals surface area contributed by atoms with E-state index >= 15 is 0 Å². The van der Waals surface area contributed by atoms with Crippen LogP contribution in [0.15, 0.2) is 48.5 Å². The van der Waals surface area contributed by atoms with Gasteiger partial charge < -0.3 is 10.1 Å². The van der Waals surface area contributed by atoms with Gasteiger partial charge >= 0.3 is 0 Å². The Hall–Kier alpha value is -2.24. The van der Waals surface area contributed by atoms with E-state index in [9.17, 15) is 9.18 Å². The number of likely N-dealkylation sites (tertiary alicyclic amines) is 1. The van der Waals surface area contributed by atoms with Crippen molar-refractivity contribution in [2.75, 3.05) is 32.8 Å². The van der Waals surface area contributed by atoms with Crippen LogP contribution in [0.5, 0.6) is 0 Å². The summed E-state index contributed by atoms with van der Waals surface area (Å²) in [7, 11) is 0. The van der Waals surface area contributed by atoms with Crippen molar-refractivity contribution >= 4 is 5.91 Å². The van der Waals surface area contributed by atoms with E-state index in [0.29, 0.717) is 32.2 Å². The molecule has 0 radical (unpaired) electrons. The number of carbonyl (C=O) groups excluding carboxylic acids is 1. The summed E-state index contributed by atoms with van der Waals surface area (Å²) in [5.74, 6) is -0.0840. The van der Waals surface area contributed by atoms with E-state index in [-0.39, 0.29) is 11.7 Å². The Morgan fingerprint density at radius 3 is 2.66 bits per heavy atom. The number of benzene rings is 2. The summed E-state index contributed by atoms with van der Waals surface area (Å²) in [6.07, 6.45) is 5.98. The maximum Gasteiger partial charge on any atom is 0.226 e. The number of amides is 1. The smallest absolute Gasteiger partial charge is 0.226 e. The molecule has 0 saturated carbocycles. The molecule has 4 rings (SSSR count). The van der Waals surface area contributed by atoms with E-state index < -0.39 is 5.41 Å². The lowest BCUT2D eigenvalue weighted by Crippen LogP contribution is -2.49. The Morgan fingerprint density at radius 2 is 1.91 bits per heavy atom. The fourth-order valence-corrected chi connectivity index (χ4v) is 5.13. The zero-order valence-corrected chi connectivity index (χ0v) is 19.1. The predicted molar refractivity (Wildman–Crippen MR) is 126 cm³/mol. The molecule has 0 spiro atoms. The molecule has 0 unspecified atom stereocenters. The number of halogens is 1. The first-order valence-corrected chi connectivity index (χ1v) is 12.0. The van der Waals surface area contributed by atoms with Gasteiger partial charge in [0.25, 0.3) is 0 Å². The van der Waals surface area contributed by atoms with Gasteiger partial charge in [-0.3, -0.25) is 9.69 Å². The molecule has 2 aromatic rings. The van der Waals surface area contributed by atoms with Gasteiger partial charge in [-0.15, -0.1) is 0 Å². The van der Waals surface area contributed by atoms with Gasteiger partial charge in [0.05, 0.1) is 5.41 Å². The third-order valence-corrected chi connectivity index (χ3v) is 7.20. The SMILES string of the molecule is C[C@H]1CCCCN1CCNC(=O)C1(Cc2cccc(-c3ccc(F)cc3)c2)CCOCC1. The van der Waals surface area contributed by atoms with Crippen molar-refractivity contribution in [3.63, 3.8) is 0 Å². The maximum absolute atomic E-state index is 13.4. The normalized spacial score (nSPS) is 21.2. The molecule has 0 bridgehead atoms. The van der Waals surface area contributed by atoms with E-state index in [1.54, 1.807) is 12.1 Å². The van der Waals surface area contributed by atoms with Crippen LogP contribution in [0.25, 0.3) is 11.1 Å². The minimum atomic E-state index is -0.437. The van der Waals surface area contributed by atoms with Gasteiger partial charge in [0.15, 0.2) is 0 Å². The zero-order chi connectivity index (χ0) is 22.4. The van der Waals surface area contributed by atoms with Crippen molar-refractivity contribution in [1.29, 1.82) is 0 Å². The number of ether oxygens (including phenoxy) is 1. The predicted octanol–water partition coefficient (Wildman–Crippen LogP) is 4.82. The van der Waals surface area contributed by atoms with E-state index in [1.807, 2.05) is 12.1 Å². The van der Waals surface area contributed by atoms with Crippen LogP contribution in [-0.2, 0) is 16.0 Å². The van der Waals surface area contributed by atoms with Gasteiger partial charge in [0, 0.05) is 32.3 Å². The lowest BCUT2D eigenvalue weighted by Gasteiger charge is -2.37. The van der Waals surface area contributed by atoms with Crippen LogP contribution in [0.3, 0.4) is 0 Å². The molecule has 1 amide bonds. The van der Waals surface area contributed by atoms with Crippen molar-refractivity contribution in [3.05, 3.63) is 59.9 Å². The first-order valence-electron chi connectivity index (χ1n) is 12.0. The van der Waals surface area contributed by atoms with Gasteiger partial charge in [0.2, 0.25) is 5.91 Å². The number of hydrogen-bond acceptors (Lipinski definition) is 3. The van der Waals surface area contributed by atoms with Crippen molar-refractivity contribution in [1.82, 2.24) is 10.2 Å². The van der Waals surface area contributed by atoms with Gasteiger partial charge in [-0.2, -0.15) is 0 Å². The van der Waals surface area contributed by atoms with E-state index in [0.717, 1.165) is 42.6 Å². The Balaban J connectivity index is 1.44. The second-order valence-corrected chi connectivity index (χ2v) is 9.41. The van der Waals surface area contributed by atoms with E-state index in [1.165, 1.54) is 31.4 Å². The van der Waals surface area contributed by atoms with Crippen LogP contribution in [0.1, 0.15) is 44.6 Å². The third kappa shape index (κ3) is 5.57. The minimum Gasteiger partial charge on any atom is -0.381 e. The monoisotopic (exact) mass is 438 g/mol. The van der Waals surface area contributed by atoms with Crippen molar-refractivity contribution in [2.24, 2.45) is 5.41 Å². The molecule has 1 atom stereocenters. The number of nitrogens with zero attached hydrogens (tertiary/aromatic N) is 1. The van der Waals surface area contributed by atoms with Crippen molar-refractivity contribution in [3.8, 4) is 11.1 Å². The molecule has 2 aliphatic rings. The minimum absolute atomic E-state index is 0.151. The highest BCUT2D eigenvalue weighted by molar-refractivity contribution is 5.83. The molecule has 2 fully saturated rings. The van der Waals surface area contributed by atoms with Crippen LogP contribution < -0.4 is 5.32 Å². The Labute approximate surface area is 191 Å². The molecule has 2 aliphatic heterocycles. The summed E-state index contributed by atoms with van der Waals surface area (Å²) >= 11 is 0. The first kappa shape index (κ1) is 22.9. The molecular weight excluding hydrogens is 403 g/mol. The molecular formula is C27H35FN2O2. The summed E-state index contributed by atoms with van der Waals surface area (Å²) in [5, 5.41) is 3.26. The van der Waals surface area contributed by atoms with Crippen LogP contribution >= 0.6 is 0 Å². The molecule has 0 aliphatic carbocycles. The third-order valence-electron chi connectivity index (χ3n) is 7.20. The van der Waals surface area contributed by atoms with Crippen LogP contribution in [0, 0.1) is 11.2 Å². The highest BCUT2D eigenvalue weighted by Crippen LogP contribution is 2.35. The van der Waals surface area contributed by atoms with Crippen LogP contribution in [-0.4, -0.2) is 49.7 Å². The molecule has 1 N–H and O–H groups in total. The lowest BCUT2D eigenvalue weighted by molar-refractivity contribution is -0.136. The van der Waals surface area contributed by atoms with E-state index in [2.05, 4.69) is 29.3 Å². The van der Waals surface area contributed by atoms with Crippen molar-refractivity contribution in [2.45, 2.75) is 51.5 Å². The molecule has 2 heterocycles. The summed E-state index contributed by atoms with van der Waals surface area (Å²) < 4.78 is 18.9. The summed E-state index contributed by atoms with van der Waals surface area (Å²) in [6.45, 7) is 6.27. The second kappa shape index (κ2) is 10.6. The summed E-state index contributed by atoms with van der Waals surface area (Å²) in [4.78, 5) is 15.9. The Morgan fingerprint density at radius 1 is 1.12 bits per heavy atom. The molecule has 4 nitrogen and oxygen atoms in total. The highest BCUT2D eigenvalue weighted by Gasteiger charge is 2.40. The summed E-state index contributed by atoms with van der Waals surface area (Å²) in [5.41, 5.74) is 2.72. The molecule has 0 aromatic heterocycles. The largest absolute Gasteiger partial charge is 0.381 e. The lowest BCUT2D eigenvalue weighted by atomic mass is 9.74. The number of rotatable bonds is 7. The second-order valence-electron chi connectivity index (χ2n) is 9.41.